The Hall–Kier alpha value is -2.30. The Morgan fingerprint density at radius 3 is 2.87 bits per heavy atom. The van der Waals surface area contributed by atoms with E-state index in [1.807, 2.05) is 0 Å². The molecule has 2 aromatic rings. The summed E-state index contributed by atoms with van der Waals surface area (Å²) in [7, 11) is 0. The number of rotatable bonds is 4. The molecule has 23 heavy (non-hydrogen) atoms. The largest absolute Gasteiger partial charge is 0.393 e. The summed E-state index contributed by atoms with van der Waals surface area (Å²) in [6.45, 7) is 2.97. The molecule has 1 saturated heterocycles. The summed E-state index contributed by atoms with van der Waals surface area (Å²) in [6, 6.07) is 0. The SMILES string of the molecule is C=CC[C@]1(CO)O[C@@H](n2cnc3c(N)nc(N)nc32)[C@H](F)[C@@H]1O. The zero-order chi connectivity index (χ0) is 16.8. The standard InChI is InChI=1S/C13H17FN6O3/c1-2-3-13(4-21)8(22)6(14)11(23-13)20-5-17-7-9(15)18-12(16)19-10(7)20/h2,5-6,8,11,21-22H,1,3-4H2,(H4,15,16,18,19)/t6-,8+,11-,13-/m1/s1. The number of hydrogen-bond acceptors (Lipinski definition) is 8. The summed E-state index contributed by atoms with van der Waals surface area (Å²) in [6.07, 6.45) is -1.79. The molecule has 0 radical (unpaired) electrons. The van der Waals surface area contributed by atoms with Crippen molar-refractivity contribution < 1.29 is 19.3 Å². The Labute approximate surface area is 130 Å². The van der Waals surface area contributed by atoms with Gasteiger partial charge in [-0.2, -0.15) is 9.97 Å². The van der Waals surface area contributed by atoms with Gasteiger partial charge in [0.2, 0.25) is 5.95 Å². The van der Waals surface area contributed by atoms with Crippen molar-refractivity contribution in [2.24, 2.45) is 0 Å². The van der Waals surface area contributed by atoms with Gasteiger partial charge in [0.05, 0.1) is 12.9 Å². The maximum atomic E-state index is 14.6. The molecule has 10 heteroatoms. The van der Waals surface area contributed by atoms with Gasteiger partial charge < -0.3 is 26.4 Å². The summed E-state index contributed by atoms with van der Waals surface area (Å²) in [5.41, 5.74) is 10.2. The lowest BCUT2D eigenvalue weighted by atomic mass is 9.93. The fourth-order valence-electron chi connectivity index (χ4n) is 2.78. The summed E-state index contributed by atoms with van der Waals surface area (Å²) in [5, 5.41) is 19.7. The van der Waals surface area contributed by atoms with Crippen LogP contribution in [-0.4, -0.2) is 54.2 Å². The number of hydrogen-bond donors (Lipinski definition) is 4. The molecular weight excluding hydrogens is 307 g/mol. The van der Waals surface area contributed by atoms with Crippen LogP contribution in [0.25, 0.3) is 11.2 Å². The Bertz CT molecular complexity index is 753. The normalized spacial score (nSPS) is 30.8. The molecule has 3 rings (SSSR count). The molecule has 3 heterocycles. The molecule has 4 atom stereocenters. The predicted octanol–water partition coefficient (Wildman–Crippen LogP) is -0.474. The van der Waals surface area contributed by atoms with Crippen molar-refractivity contribution >= 4 is 22.9 Å². The Morgan fingerprint density at radius 2 is 2.22 bits per heavy atom. The molecule has 1 aliphatic rings. The first-order valence-electron chi connectivity index (χ1n) is 6.91. The number of fused-ring (bicyclic) bond motifs is 1. The van der Waals surface area contributed by atoms with E-state index in [4.69, 9.17) is 16.2 Å². The van der Waals surface area contributed by atoms with Gasteiger partial charge in [0.15, 0.2) is 23.9 Å². The highest BCUT2D eigenvalue weighted by Crippen LogP contribution is 2.42. The van der Waals surface area contributed by atoms with Gasteiger partial charge in [0.25, 0.3) is 0 Å². The van der Waals surface area contributed by atoms with Crippen LogP contribution in [0.4, 0.5) is 16.2 Å². The molecule has 0 bridgehead atoms. The van der Waals surface area contributed by atoms with E-state index in [1.165, 1.54) is 17.0 Å². The molecule has 0 saturated carbocycles. The van der Waals surface area contributed by atoms with Gasteiger partial charge in [-0.3, -0.25) is 4.57 Å². The maximum Gasteiger partial charge on any atom is 0.224 e. The van der Waals surface area contributed by atoms with Crippen molar-refractivity contribution in [3.8, 4) is 0 Å². The highest BCUT2D eigenvalue weighted by Gasteiger charge is 2.55. The molecule has 1 fully saturated rings. The third kappa shape index (κ3) is 2.22. The Balaban J connectivity index is 2.07. The second-order valence-corrected chi connectivity index (χ2v) is 5.40. The minimum Gasteiger partial charge on any atom is -0.393 e. The van der Waals surface area contributed by atoms with Crippen LogP contribution in [-0.2, 0) is 4.74 Å². The lowest BCUT2D eigenvalue weighted by Crippen LogP contribution is -2.45. The van der Waals surface area contributed by atoms with E-state index in [0.717, 1.165) is 0 Å². The molecule has 6 N–H and O–H groups in total. The van der Waals surface area contributed by atoms with Gasteiger partial charge in [0, 0.05) is 0 Å². The van der Waals surface area contributed by atoms with Crippen LogP contribution in [0.1, 0.15) is 12.6 Å². The fourth-order valence-corrected chi connectivity index (χ4v) is 2.78. The highest BCUT2D eigenvalue weighted by molar-refractivity contribution is 5.82. The third-order valence-electron chi connectivity index (χ3n) is 3.97. The van der Waals surface area contributed by atoms with E-state index in [2.05, 4.69) is 21.5 Å². The summed E-state index contributed by atoms with van der Waals surface area (Å²) in [4.78, 5) is 11.8. The number of anilines is 2. The minimum atomic E-state index is -1.81. The number of imidazole rings is 1. The van der Waals surface area contributed by atoms with Crippen LogP contribution >= 0.6 is 0 Å². The number of nitrogens with zero attached hydrogens (tertiary/aromatic N) is 4. The Kier molecular flexibility index (Phi) is 3.66. The van der Waals surface area contributed by atoms with Gasteiger partial charge in [-0.25, -0.2) is 9.37 Å². The van der Waals surface area contributed by atoms with Crippen molar-refractivity contribution in [1.82, 2.24) is 19.5 Å². The van der Waals surface area contributed by atoms with Crippen molar-refractivity contribution in [1.29, 1.82) is 0 Å². The zero-order valence-electron chi connectivity index (χ0n) is 12.1. The number of aromatic nitrogens is 4. The second-order valence-electron chi connectivity index (χ2n) is 5.40. The molecule has 9 nitrogen and oxygen atoms in total. The number of halogens is 1. The van der Waals surface area contributed by atoms with Crippen molar-refractivity contribution in [2.75, 3.05) is 18.1 Å². The smallest absolute Gasteiger partial charge is 0.224 e. The van der Waals surface area contributed by atoms with Crippen LogP contribution in [0.5, 0.6) is 0 Å². The van der Waals surface area contributed by atoms with Gasteiger partial charge in [0.1, 0.15) is 17.2 Å². The summed E-state index contributed by atoms with van der Waals surface area (Å²) >= 11 is 0. The first-order chi connectivity index (χ1) is 10.9. The van der Waals surface area contributed by atoms with Gasteiger partial charge in [-0.1, -0.05) is 6.08 Å². The molecule has 2 aromatic heterocycles. The number of nitrogens with two attached hydrogens (primary N) is 2. The van der Waals surface area contributed by atoms with Crippen molar-refractivity contribution in [3.05, 3.63) is 19.0 Å². The van der Waals surface area contributed by atoms with E-state index < -0.39 is 30.7 Å². The molecule has 0 amide bonds. The zero-order valence-corrected chi connectivity index (χ0v) is 12.1. The number of aliphatic hydroxyl groups is 2. The first kappa shape index (κ1) is 15.6. The topological polar surface area (TPSA) is 145 Å². The lowest BCUT2D eigenvalue weighted by molar-refractivity contribution is -0.125. The van der Waals surface area contributed by atoms with E-state index in [1.54, 1.807) is 0 Å². The molecule has 124 valence electrons. The second kappa shape index (κ2) is 5.41. The molecule has 0 aromatic carbocycles. The molecule has 0 unspecified atom stereocenters. The van der Waals surface area contributed by atoms with Crippen molar-refractivity contribution in [2.45, 2.75) is 30.5 Å². The number of aliphatic hydroxyl groups excluding tert-OH is 2. The molecule has 0 aliphatic carbocycles. The maximum absolute atomic E-state index is 14.6. The predicted molar refractivity (Wildman–Crippen MR) is 79.8 cm³/mol. The van der Waals surface area contributed by atoms with Gasteiger partial charge in [-0.15, -0.1) is 6.58 Å². The fraction of sp³-hybridized carbons (Fsp3) is 0.462. The lowest BCUT2D eigenvalue weighted by Gasteiger charge is -2.28. The van der Waals surface area contributed by atoms with Crippen LogP contribution in [0, 0.1) is 0 Å². The average molecular weight is 324 g/mol. The van der Waals surface area contributed by atoms with E-state index in [0.29, 0.717) is 0 Å². The molecule has 1 aliphatic heterocycles. The number of nitrogen functional groups attached to an aromatic ring is 2. The molecular formula is C13H17FN6O3. The monoisotopic (exact) mass is 324 g/mol. The minimum absolute atomic E-state index is 0.0553. The van der Waals surface area contributed by atoms with Crippen LogP contribution in [0.3, 0.4) is 0 Å². The highest BCUT2D eigenvalue weighted by atomic mass is 19.1. The third-order valence-corrected chi connectivity index (χ3v) is 3.97. The number of alkyl halides is 1. The Morgan fingerprint density at radius 1 is 1.48 bits per heavy atom. The van der Waals surface area contributed by atoms with Crippen LogP contribution in [0.15, 0.2) is 19.0 Å². The van der Waals surface area contributed by atoms with E-state index in [9.17, 15) is 14.6 Å². The average Bonchev–Trinajstić information content (AvgIpc) is 3.03. The van der Waals surface area contributed by atoms with Crippen LogP contribution < -0.4 is 11.5 Å². The number of ether oxygens (including phenoxy) is 1. The van der Waals surface area contributed by atoms with E-state index in [-0.39, 0.29) is 29.4 Å². The summed E-state index contributed by atoms with van der Waals surface area (Å²) < 4.78 is 21.5. The van der Waals surface area contributed by atoms with E-state index >= 15 is 0 Å². The molecule has 0 spiro atoms. The van der Waals surface area contributed by atoms with Gasteiger partial charge >= 0.3 is 0 Å². The quantitative estimate of drug-likeness (QED) is 0.552. The summed E-state index contributed by atoms with van der Waals surface area (Å²) in [5.74, 6) is -0.0371. The van der Waals surface area contributed by atoms with Crippen LogP contribution in [0.2, 0.25) is 0 Å². The van der Waals surface area contributed by atoms with Gasteiger partial charge in [-0.05, 0) is 6.42 Å². The first-order valence-corrected chi connectivity index (χ1v) is 6.91. The van der Waals surface area contributed by atoms with Crippen molar-refractivity contribution in [3.63, 3.8) is 0 Å².